The molecule has 0 bridgehead atoms. The molecule has 0 atom stereocenters. The molecular weight excluding hydrogens is 286 g/mol. The summed E-state index contributed by atoms with van der Waals surface area (Å²) in [6.07, 6.45) is 3.63. The van der Waals surface area contributed by atoms with Crippen LogP contribution in [0.3, 0.4) is 0 Å². The van der Waals surface area contributed by atoms with Crippen molar-refractivity contribution in [3.63, 3.8) is 0 Å². The van der Waals surface area contributed by atoms with Gasteiger partial charge in [0.2, 0.25) is 0 Å². The summed E-state index contributed by atoms with van der Waals surface area (Å²) in [4.78, 5) is 0. The number of nitrogens with zero attached hydrogens (tertiary/aromatic N) is 2. The predicted molar refractivity (Wildman–Crippen MR) is 84.2 cm³/mol. The van der Waals surface area contributed by atoms with E-state index in [1.807, 2.05) is 41.2 Å². The molecule has 6 heteroatoms. The zero-order valence-electron chi connectivity index (χ0n) is 12.4. The van der Waals surface area contributed by atoms with E-state index in [2.05, 4.69) is 10.4 Å². The Kier molecular flexibility index (Phi) is 5.14. The number of aromatic nitrogens is 2. The Morgan fingerprint density at radius 3 is 2.67 bits per heavy atom. The summed E-state index contributed by atoms with van der Waals surface area (Å²) in [7, 11) is -2.99. The largest absolute Gasteiger partial charge is 0.312 e. The molecule has 0 aliphatic heterocycles. The fourth-order valence-corrected chi connectivity index (χ4v) is 2.87. The van der Waals surface area contributed by atoms with E-state index < -0.39 is 9.84 Å². The molecule has 114 valence electrons. The number of sulfone groups is 1. The van der Waals surface area contributed by atoms with Crippen molar-refractivity contribution in [1.29, 1.82) is 0 Å². The maximum atomic E-state index is 11.7. The summed E-state index contributed by atoms with van der Waals surface area (Å²) in [5.41, 5.74) is 2.09. The lowest BCUT2D eigenvalue weighted by Crippen LogP contribution is -2.27. The van der Waals surface area contributed by atoms with Crippen LogP contribution in [-0.2, 0) is 16.4 Å². The second kappa shape index (κ2) is 6.87. The van der Waals surface area contributed by atoms with Gasteiger partial charge in [-0.25, -0.2) is 13.1 Å². The first kappa shape index (κ1) is 15.7. The Labute approximate surface area is 125 Å². The minimum absolute atomic E-state index is 0.161. The Bertz CT molecular complexity index is 664. The molecule has 1 aromatic heterocycles. The normalized spacial score (nSPS) is 12.0. The lowest BCUT2D eigenvalue weighted by atomic mass is 10.2. The lowest BCUT2D eigenvalue weighted by molar-refractivity contribution is 0.582. The highest BCUT2D eigenvalue weighted by Gasteiger charge is 2.15. The second-order valence-electron chi connectivity index (χ2n) is 5.17. The number of nitrogens with one attached hydrogen (secondary N) is 1. The van der Waals surface area contributed by atoms with Crippen LogP contribution in [0.5, 0.6) is 0 Å². The molecule has 0 aliphatic rings. The molecule has 0 radical (unpaired) electrons. The van der Waals surface area contributed by atoms with E-state index in [1.165, 1.54) is 0 Å². The van der Waals surface area contributed by atoms with Gasteiger partial charge in [-0.1, -0.05) is 18.2 Å². The average Bonchev–Trinajstić information content (AvgIpc) is 2.98. The van der Waals surface area contributed by atoms with Gasteiger partial charge in [0, 0.05) is 25.5 Å². The second-order valence-corrected chi connectivity index (χ2v) is 7.85. The van der Waals surface area contributed by atoms with Crippen LogP contribution in [0, 0.1) is 0 Å². The Morgan fingerprint density at radius 1 is 1.24 bits per heavy atom. The average molecular weight is 307 g/mol. The van der Waals surface area contributed by atoms with Crippen molar-refractivity contribution < 1.29 is 8.42 Å². The van der Waals surface area contributed by atoms with Gasteiger partial charge in [-0.05, 0) is 31.5 Å². The maximum absolute atomic E-state index is 11.7. The fraction of sp³-hybridized carbons (Fsp3) is 0.400. The molecule has 1 aromatic carbocycles. The summed E-state index contributed by atoms with van der Waals surface area (Å²) in [5.74, 6) is 0.161. The minimum atomic E-state index is -2.99. The van der Waals surface area contributed by atoms with Gasteiger partial charge >= 0.3 is 0 Å². The van der Waals surface area contributed by atoms with Gasteiger partial charge in [-0.3, -0.25) is 0 Å². The molecule has 1 N–H and O–H groups in total. The number of para-hydroxylation sites is 1. The third kappa shape index (κ3) is 4.15. The van der Waals surface area contributed by atoms with E-state index in [0.29, 0.717) is 13.1 Å². The monoisotopic (exact) mass is 307 g/mol. The molecule has 0 saturated carbocycles. The topological polar surface area (TPSA) is 64.0 Å². The molecule has 0 spiro atoms. The van der Waals surface area contributed by atoms with Gasteiger partial charge < -0.3 is 5.32 Å². The van der Waals surface area contributed by atoms with E-state index in [-0.39, 0.29) is 11.0 Å². The van der Waals surface area contributed by atoms with Crippen molar-refractivity contribution in [3.8, 4) is 5.69 Å². The molecule has 0 saturated heterocycles. The quantitative estimate of drug-likeness (QED) is 0.792. The van der Waals surface area contributed by atoms with Gasteiger partial charge in [0.25, 0.3) is 0 Å². The van der Waals surface area contributed by atoms with Crippen LogP contribution in [-0.4, -0.2) is 35.7 Å². The molecule has 0 unspecified atom stereocenters. The standard InChI is InChI=1S/C15H21N3O2S/c1-13(2)21(19,20)11-9-16-12-14-6-3-4-7-15(14)18-10-5-8-17-18/h3-8,10,13,16H,9,11-12H2,1-2H3. The first-order chi connectivity index (χ1) is 10.0. The number of rotatable bonds is 7. The van der Waals surface area contributed by atoms with Gasteiger partial charge in [-0.15, -0.1) is 0 Å². The molecule has 2 aromatic rings. The number of hydrogen-bond donors (Lipinski definition) is 1. The van der Waals surface area contributed by atoms with Crippen molar-refractivity contribution in [2.24, 2.45) is 0 Å². The molecule has 2 rings (SSSR count). The van der Waals surface area contributed by atoms with Crippen molar-refractivity contribution in [1.82, 2.24) is 15.1 Å². The van der Waals surface area contributed by atoms with Crippen LogP contribution in [0.4, 0.5) is 0 Å². The summed E-state index contributed by atoms with van der Waals surface area (Å²) in [5, 5.41) is 7.10. The summed E-state index contributed by atoms with van der Waals surface area (Å²) in [6, 6.07) is 9.81. The predicted octanol–water partition coefficient (Wildman–Crippen LogP) is 1.79. The van der Waals surface area contributed by atoms with E-state index in [4.69, 9.17) is 0 Å². The summed E-state index contributed by atoms with van der Waals surface area (Å²) >= 11 is 0. The molecule has 0 fully saturated rings. The van der Waals surface area contributed by atoms with E-state index in [9.17, 15) is 8.42 Å². The smallest absolute Gasteiger partial charge is 0.153 e. The number of benzene rings is 1. The van der Waals surface area contributed by atoms with Crippen LogP contribution in [0.25, 0.3) is 5.69 Å². The third-order valence-electron chi connectivity index (χ3n) is 3.34. The summed E-state index contributed by atoms with van der Waals surface area (Å²) in [6.45, 7) is 4.49. The molecule has 1 heterocycles. The molecule has 0 amide bonds. The SMILES string of the molecule is CC(C)S(=O)(=O)CCNCc1ccccc1-n1cccn1. The van der Waals surface area contributed by atoms with Crippen LogP contribution in [0.2, 0.25) is 0 Å². The van der Waals surface area contributed by atoms with E-state index >= 15 is 0 Å². The van der Waals surface area contributed by atoms with E-state index in [1.54, 1.807) is 20.0 Å². The van der Waals surface area contributed by atoms with Crippen molar-refractivity contribution in [2.75, 3.05) is 12.3 Å². The first-order valence-electron chi connectivity index (χ1n) is 7.01. The summed E-state index contributed by atoms with van der Waals surface area (Å²) < 4.78 is 25.3. The van der Waals surface area contributed by atoms with Gasteiger partial charge in [0.05, 0.1) is 16.7 Å². The van der Waals surface area contributed by atoms with Crippen LogP contribution in [0.15, 0.2) is 42.7 Å². The lowest BCUT2D eigenvalue weighted by Gasteiger charge is -2.11. The van der Waals surface area contributed by atoms with Crippen molar-refractivity contribution in [2.45, 2.75) is 25.6 Å². The Balaban J connectivity index is 1.96. The van der Waals surface area contributed by atoms with Crippen LogP contribution < -0.4 is 5.32 Å². The van der Waals surface area contributed by atoms with Crippen molar-refractivity contribution in [3.05, 3.63) is 48.3 Å². The molecule has 0 aliphatic carbocycles. The molecule has 21 heavy (non-hydrogen) atoms. The first-order valence-corrected chi connectivity index (χ1v) is 8.72. The highest BCUT2D eigenvalue weighted by Crippen LogP contribution is 2.13. The van der Waals surface area contributed by atoms with Gasteiger partial charge in [0.1, 0.15) is 0 Å². The van der Waals surface area contributed by atoms with Gasteiger partial charge in [0.15, 0.2) is 9.84 Å². The molecule has 5 nitrogen and oxygen atoms in total. The highest BCUT2D eigenvalue weighted by molar-refractivity contribution is 7.92. The Morgan fingerprint density at radius 2 is 2.00 bits per heavy atom. The number of hydrogen-bond acceptors (Lipinski definition) is 4. The zero-order chi connectivity index (χ0) is 15.3. The van der Waals surface area contributed by atoms with Crippen LogP contribution in [0.1, 0.15) is 19.4 Å². The fourth-order valence-electron chi connectivity index (χ4n) is 1.97. The van der Waals surface area contributed by atoms with Crippen LogP contribution >= 0.6 is 0 Å². The maximum Gasteiger partial charge on any atom is 0.153 e. The zero-order valence-corrected chi connectivity index (χ0v) is 13.2. The highest BCUT2D eigenvalue weighted by atomic mass is 32.2. The van der Waals surface area contributed by atoms with E-state index in [0.717, 1.165) is 11.3 Å². The Hall–Kier alpha value is -1.66. The third-order valence-corrected chi connectivity index (χ3v) is 5.55. The molecular formula is C15H21N3O2S. The van der Waals surface area contributed by atoms with Crippen molar-refractivity contribution >= 4 is 9.84 Å². The van der Waals surface area contributed by atoms with Gasteiger partial charge in [-0.2, -0.15) is 5.10 Å². The minimum Gasteiger partial charge on any atom is -0.312 e.